The second-order valence-corrected chi connectivity index (χ2v) is 7.09. The first kappa shape index (κ1) is 19.9. The molecule has 6 nitrogen and oxygen atoms in total. The Labute approximate surface area is 168 Å². The molecule has 0 aromatic heterocycles. The van der Waals surface area contributed by atoms with Crippen LogP contribution in [0.25, 0.3) is 0 Å². The van der Waals surface area contributed by atoms with Gasteiger partial charge < -0.3 is 15.0 Å². The van der Waals surface area contributed by atoms with Gasteiger partial charge in [-0.05, 0) is 29.8 Å². The first-order chi connectivity index (χ1) is 13.5. The molecule has 2 amide bonds. The SMILES string of the molecule is COC(=O)C(Cc1ccccc1)NC(=O)C1CC(=O)N(c2ccc(Cl)cc2)C1. The van der Waals surface area contributed by atoms with Crippen LogP contribution in [0.4, 0.5) is 5.69 Å². The van der Waals surface area contributed by atoms with Gasteiger partial charge in [-0.1, -0.05) is 41.9 Å². The van der Waals surface area contributed by atoms with Crippen molar-refractivity contribution in [1.82, 2.24) is 5.32 Å². The molecule has 28 heavy (non-hydrogen) atoms. The van der Waals surface area contributed by atoms with Gasteiger partial charge in [-0.3, -0.25) is 9.59 Å². The van der Waals surface area contributed by atoms with Crippen molar-refractivity contribution in [1.29, 1.82) is 0 Å². The summed E-state index contributed by atoms with van der Waals surface area (Å²) in [6, 6.07) is 15.4. The van der Waals surface area contributed by atoms with E-state index in [-0.39, 0.29) is 24.8 Å². The molecule has 1 aliphatic rings. The van der Waals surface area contributed by atoms with Crippen molar-refractivity contribution >= 4 is 35.1 Å². The molecule has 2 aromatic rings. The number of ether oxygens (including phenoxy) is 1. The van der Waals surface area contributed by atoms with Crippen LogP contribution in [0.2, 0.25) is 5.02 Å². The molecule has 0 aliphatic carbocycles. The van der Waals surface area contributed by atoms with Gasteiger partial charge in [0.25, 0.3) is 0 Å². The fraction of sp³-hybridized carbons (Fsp3) is 0.286. The normalized spacial score (nSPS) is 17.3. The lowest BCUT2D eigenvalue weighted by Crippen LogP contribution is -2.46. The van der Waals surface area contributed by atoms with Gasteiger partial charge in [0.05, 0.1) is 13.0 Å². The molecule has 3 rings (SSSR count). The second-order valence-electron chi connectivity index (χ2n) is 6.66. The quantitative estimate of drug-likeness (QED) is 0.756. The van der Waals surface area contributed by atoms with E-state index in [0.717, 1.165) is 5.56 Å². The average Bonchev–Trinajstić information content (AvgIpc) is 3.10. The maximum atomic E-state index is 12.7. The van der Waals surface area contributed by atoms with Gasteiger partial charge in [0.15, 0.2) is 0 Å². The number of hydrogen-bond donors (Lipinski definition) is 1. The lowest BCUT2D eigenvalue weighted by atomic mass is 10.0. The smallest absolute Gasteiger partial charge is 0.328 e. The number of hydrogen-bond acceptors (Lipinski definition) is 4. The van der Waals surface area contributed by atoms with Gasteiger partial charge in [-0.2, -0.15) is 0 Å². The number of nitrogens with zero attached hydrogens (tertiary/aromatic N) is 1. The van der Waals surface area contributed by atoms with E-state index in [2.05, 4.69) is 5.32 Å². The number of amides is 2. The number of carbonyl (C=O) groups excluding carboxylic acids is 3. The van der Waals surface area contributed by atoms with E-state index in [4.69, 9.17) is 16.3 Å². The molecule has 0 spiro atoms. The lowest BCUT2D eigenvalue weighted by Gasteiger charge is -2.20. The van der Waals surface area contributed by atoms with Crippen LogP contribution in [0.5, 0.6) is 0 Å². The predicted molar refractivity (Wildman–Crippen MR) is 106 cm³/mol. The summed E-state index contributed by atoms with van der Waals surface area (Å²) in [4.78, 5) is 38.8. The van der Waals surface area contributed by atoms with E-state index >= 15 is 0 Å². The Morgan fingerprint density at radius 1 is 1.18 bits per heavy atom. The molecule has 146 valence electrons. The zero-order chi connectivity index (χ0) is 20.1. The molecule has 1 aliphatic heterocycles. The molecule has 0 saturated carbocycles. The highest BCUT2D eigenvalue weighted by molar-refractivity contribution is 6.30. The van der Waals surface area contributed by atoms with Crippen molar-refractivity contribution < 1.29 is 19.1 Å². The highest BCUT2D eigenvalue weighted by atomic mass is 35.5. The van der Waals surface area contributed by atoms with Crippen LogP contribution >= 0.6 is 11.6 Å². The topological polar surface area (TPSA) is 75.7 Å². The van der Waals surface area contributed by atoms with Crippen LogP contribution in [-0.4, -0.2) is 37.5 Å². The van der Waals surface area contributed by atoms with E-state index in [1.54, 1.807) is 29.2 Å². The van der Waals surface area contributed by atoms with Crippen LogP contribution in [0.15, 0.2) is 54.6 Å². The Kier molecular flexibility index (Phi) is 6.31. The standard InChI is InChI=1S/C21H21ClN2O4/c1-28-21(27)18(11-14-5-3-2-4-6-14)23-20(26)15-12-19(25)24(13-15)17-9-7-16(22)8-10-17/h2-10,15,18H,11-13H2,1H3,(H,23,26). The lowest BCUT2D eigenvalue weighted by molar-refractivity contribution is -0.145. The molecule has 1 saturated heterocycles. The van der Waals surface area contributed by atoms with Gasteiger partial charge in [0, 0.05) is 30.1 Å². The first-order valence-electron chi connectivity index (χ1n) is 8.96. The van der Waals surface area contributed by atoms with Crippen molar-refractivity contribution in [3.8, 4) is 0 Å². The highest BCUT2D eigenvalue weighted by Crippen LogP contribution is 2.26. The molecule has 0 bridgehead atoms. The summed E-state index contributed by atoms with van der Waals surface area (Å²) in [5.41, 5.74) is 1.60. The van der Waals surface area contributed by atoms with Crippen molar-refractivity contribution in [2.75, 3.05) is 18.6 Å². The zero-order valence-electron chi connectivity index (χ0n) is 15.4. The Bertz CT molecular complexity index is 854. The first-order valence-corrected chi connectivity index (χ1v) is 9.34. The molecule has 2 aromatic carbocycles. The summed E-state index contributed by atoms with van der Waals surface area (Å²) in [5.74, 6) is -1.53. The van der Waals surface area contributed by atoms with Crippen LogP contribution < -0.4 is 10.2 Å². The van der Waals surface area contributed by atoms with Gasteiger partial charge in [0.2, 0.25) is 11.8 Å². The van der Waals surface area contributed by atoms with Crippen LogP contribution in [-0.2, 0) is 25.5 Å². The van der Waals surface area contributed by atoms with Crippen LogP contribution in [0.1, 0.15) is 12.0 Å². The summed E-state index contributed by atoms with van der Waals surface area (Å²) in [7, 11) is 1.29. The molecule has 2 atom stereocenters. The molecule has 1 heterocycles. The number of methoxy groups -OCH3 is 1. The maximum absolute atomic E-state index is 12.7. The summed E-state index contributed by atoms with van der Waals surface area (Å²) < 4.78 is 4.83. The summed E-state index contributed by atoms with van der Waals surface area (Å²) >= 11 is 5.89. The number of anilines is 1. The van der Waals surface area contributed by atoms with Gasteiger partial charge in [-0.25, -0.2) is 4.79 Å². The minimum Gasteiger partial charge on any atom is -0.467 e. The predicted octanol–water partition coefficient (Wildman–Crippen LogP) is 2.59. The number of carbonyl (C=O) groups is 3. The highest BCUT2D eigenvalue weighted by Gasteiger charge is 2.36. The van der Waals surface area contributed by atoms with Gasteiger partial charge >= 0.3 is 5.97 Å². The van der Waals surface area contributed by atoms with Crippen LogP contribution in [0.3, 0.4) is 0 Å². The molecular weight excluding hydrogens is 380 g/mol. The number of benzene rings is 2. The minimum absolute atomic E-state index is 0.0910. The summed E-state index contributed by atoms with van der Waals surface area (Å²) in [6.45, 7) is 0.255. The Balaban J connectivity index is 1.67. The molecule has 0 radical (unpaired) electrons. The van der Waals surface area contributed by atoms with Crippen LogP contribution in [0, 0.1) is 5.92 Å². The van der Waals surface area contributed by atoms with Crippen molar-refractivity contribution in [2.45, 2.75) is 18.9 Å². The van der Waals surface area contributed by atoms with Crippen molar-refractivity contribution in [3.63, 3.8) is 0 Å². The van der Waals surface area contributed by atoms with E-state index < -0.39 is 17.9 Å². The second kappa shape index (κ2) is 8.89. The number of esters is 1. The van der Waals surface area contributed by atoms with Gasteiger partial charge in [-0.15, -0.1) is 0 Å². The zero-order valence-corrected chi connectivity index (χ0v) is 16.2. The van der Waals surface area contributed by atoms with E-state index in [1.165, 1.54) is 7.11 Å². The number of halogens is 1. The third-order valence-corrected chi connectivity index (χ3v) is 4.97. The molecule has 1 N–H and O–H groups in total. The largest absolute Gasteiger partial charge is 0.467 e. The number of nitrogens with one attached hydrogen (secondary N) is 1. The van der Waals surface area contributed by atoms with Gasteiger partial charge in [0.1, 0.15) is 6.04 Å². The molecular formula is C21H21ClN2O4. The van der Waals surface area contributed by atoms with Crippen molar-refractivity contribution in [2.24, 2.45) is 5.92 Å². The fourth-order valence-electron chi connectivity index (χ4n) is 3.23. The summed E-state index contributed by atoms with van der Waals surface area (Å²) in [6.07, 6.45) is 0.411. The monoisotopic (exact) mass is 400 g/mol. The van der Waals surface area contributed by atoms with Crippen molar-refractivity contribution in [3.05, 3.63) is 65.2 Å². The summed E-state index contributed by atoms with van der Waals surface area (Å²) in [5, 5.41) is 3.32. The molecule has 1 fully saturated rings. The maximum Gasteiger partial charge on any atom is 0.328 e. The third kappa shape index (κ3) is 4.70. The fourth-order valence-corrected chi connectivity index (χ4v) is 3.35. The van der Waals surface area contributed by atoms with E-state index in [0.29, 0.717) is 17.1 Å². The van der Waals surface area contributed by atoms with E-state index in [1.807, 2.05) is 30.3 Å². The average molecular weight is 401 g/mol. The third-order valence-electron chi connectivity index (χ3n) is 4.72. The van der Waals surface area contributed by atoms with E-state index in [9.17, 15) is 14.4 Å². The Hall–Kier alpha value is -2.86. The molecule has 7 heteroatoms. The minimum atomic E-state index is -0.806. The Morgan fingerprint density at radius 3 is 2.50 bits per heavy atom. The molecule has 2 unspecified atom stereocenters. The Morgan fingerprint density at radius 2 is 1.86 bits per heavy atom. The number of rotatable bonds is 6.